The van der Waals surface area contributed by atoms with Crippen molar-refractivity contribution in [3.05, 3.63) is 122 Å². The first kappa shape index (κ1) is 77.9. The first-order valence-corrected chi connectivity index (χ1v) is 34.9. The third-order valence-corrected chi connectivity index (χ3v) is 15.4. The molecule has 0 fully saturated rings. The monoisotopic (exact) mass is 1150 g/mol. The van der Waals surface area contributed by atoms with Gasteiger partial charge in [-0.3, -0.25) is 13.8 Å². The average molecular weight is 1150 g/mol. The molecule has 0 radical (unpaired) electrons. The molecule has 9 heteroatoms. The first-order chi connectivity index (χ1) is 39.5. The van der Waals surface area contributed by atoms with Crippen LogP contribution in [-0.2, 0) is 18.4 Å². The first-order valence-electron chi connectivity index (χ1n) is 33.4. The SMILES string of the molecule is CC/C=C\C/C=C\C/C=C\C/C=C\C/C=C\C/C=C\C/C=C\CCCCCCCCCC(=O)NC(COP(=O)(O)OCC[N+](C)(C)C)C(O)/C=C/CC/C=C/CC/C=C/CCCCCCCCCCCCCCCCCCCCCC. The highest BCUT2D eigenvalue weighted by Gasteiger charge is 2.27. The number of aliphatic hydroxyl groups excluding tert-OH is 1. The molecule has 81 heavy (non-hydrogen) atoms. The van der Waals surface area contributed by atoms with E-state index in [1.807, 2.05) is 27.2 Å². The molecule has 0 bridgehead atoms. The van der Waals surface area contributed by atoms with Gasteiger partial charge in [0.25, 0.3) is 0 Å². The lowest BCUT2D eigenvalue weighted by Gasteiger charge is -2.25. The van der Waals surface area contributed by atoms with Crippen LogP contribution >= 0.6 is 7.82 Å². The molecule has 0 aliphatic carbocycles. The van der Waals surface area contributed by atoms with Crippen LogP contribution < -0.4 is 5.32 Å². The van der Waals surface area contributed by atoms with Crippen LogP contribution in [0.25, 0.3) is 0 Å². The summed E-state index contributed by atoms with van der Waals surface area (Å²) in [6.45, 7) is 4.67. The lowest BCUT2D eigenvalue weighted by Crippen LogP contribution is -2.45. The van der Waals surface area contributed by atoms with Gasteiger partial charge in [-0.2, -0.15) is 0 Å². The van der Waals surface area contributed by atoms with Crippen molar-refractivity contribution >= 4 is 13.7 Å². The van der Waals surface area contributed by atoms with Crippen molar-refractivity contribution in [2.45, 2.75) is 289 Å². The van der Waals surface area contributed by atoms with Crippen molar-refractivity contribution in [2.24, 2.45) is 0 Å². The predicted molar refractivity (Wildman–Crippen MR) is 355 cm³/mol. The molecule has 0 saturated carbocycles. The van der Waals surface area contributed by atoms with Gasteiger partial charge >= 0.3 is 7.82 Å². The number of hydrogen-bond acceptors (Lipinski definition) is 5. The fourth-order valence-electron chi connectivity index (χ4n) is 9.23. The van der Waals surface area contributed by atoms with Crippen molar-refractivity contribution in [3.8, 4) is 0 Å². The van der Waals surface area contributed by atoms with E-state index < -0.39 is 20.0 Å². The number of carbonyl (C=O) groups is 1. The van der Waals surface area contributed by atoms with Crippen molar-refractivity contribution in [3.63, 3.8) is 0 Å². The van der Waals surface area contributed by atoms with Gasteiger partial charge in [-0.1, -0.05) is 289 Å². The maximum Gasteiger partial charge on any atom is 0.472 e. The second kappa shape index (κ2) is 61.5. The molecule has 0 rings (SSSR count). The second-order valence-electron chi connectivity index (χ2n) is 23.4. The molecule has 3 unspecified atom stereocenters. The maximum atomic E-state index is 13.0. The van der Waals surface area contributed by atoms with Crippen LogP contribution in [0.5, 0.6) is 0 Å². The van der Waals surface area contributed by atoms with Gasteiger partial charge < -0.3 is 19.8 Å². The van der Waals surface area contributed by atoms with Gasteiger partial charge in [0.15, 0.2) is 0 Å². The van der Waals surface area contributed by atoms with Crippen molar-refractivity contribution in [1.29, 1.82) is 0 Å². The smallest absolute Gasteiger partial charge is 0.387 e. The number of hydrogen-bond donors (Lipinski definition) is 3. The highest BCUT2D eigenvalue weighted by molar-refractivity contribution is 7.47. The van der Waals surface area contributed by atoms with Crippen LogP contribution in [0, 0.1) is 0 Å². The van der Waals surface area contributed by atoms with Crippen LogP contribution in [0.15, 0.2) is 122 Å². The molecule has 0 aromatic heterocycles. The Morgan fingerprint density at radius 3 is 1.14 bits per heavy atom. The summed E-state index contributed by atoms with van der Waals surface area (Å²) in [6.07, 6.45) is 91.9. The highest BCUT2D eigenvalue weighted by atomic mass is 31.2. The van der Waals surface area contributed by atoms with Crippen LogP contribution in [0.1, 0.15) is 277 Å². The summed E-state index contributed by atoms with van der Waals surface area (Å²) in [5.74, 6) is -0.205. The zero-order chi connectivity index (χ0) is 59.1. The Bertz CT molecular complexity index is 1730. The third-order valence-electron chi connectivity index (χ3n) is 14.4. The summed E-state index contributed by atoms with van der Waals surface area (Å²) in [7, 11) is 1.52. The Labute approximate surface area is 501 Å². The number of rotatable bonds is 60. The largest absolute Gasteiger partial charge is 0.472 e. The number of quaternary nitrogens is 1. The zero-order valence-electron chi connectivity index (χ0n) is 53.2. The van der Waals surface area contributed by atoms with Gasteiger partial charge in [0.2, 0.25) is 5.91 Å². The number of phosphoric acid groups is 1. The van der Waals surface area contributed by atoms with Crippen molar-refractivity contribution in [2.75, 3.05) is 40.9 Å². The molecule has 8 nitrogen and oxygen atoms in total. The molecule has 0 aliphatic rings. The van der Waals surface area contributed by atoms with E-state index in [0.717, 1.165) is 103 Å². The quantitative estimate of drug-likeness (QED) is 0.0243. The normalized spacial score (nSPS) is 14.5. The molecule has 0 saturated heterocycles. The summed E-state index contributed by atoms with van der Waals surface area (Å²) in [4.78, 5) is 23.4. The van der Waals surface area contributed by atoms with E-state index in [2.05, 4.69) is 129 Å². The molecule has 0 aromatic rings. The van der Waals surface area contributed by atoms with Crippen molar-refractivity contribution in [1.82, 2.24) is 5.32 Å². The average Bonchev–Trinajstić information content (AvgIpc) is 3.43. The molecular weight excluding hydrogens is 1020 g/mol. The summed E-state index contributed by atoms with van der Waals surface area (Å²) in [5.41, 5.74) is 0. The number of allylic oxidation sites excluding steroid dienone is 19. The fraction of sp³-hybridized carbons (Fsp3) is 0.708. The topological polar surface area (TPSA) is 105 Å². The molecule has 0 heterocycles. The van der Waals surface area contributed by atoms with E-state index in [9.17, 15) is 19.4 Å². The Kier molecular flexibility index (Phi) is 59.1. The number of carbonyl (C=O) groups excluding carboxylic acids is 1. The number of nitrogens with one attached hydrogen (secondary N) is 1. The molecule has 0 spiro atoms. The minimum absolute atomic E-state index is 0.0447. The molecular formula is C72H128N2O6P+. The van der Waals surface area contributed by atoms with Gasteiger partial charge in [0.1, 0.15) is 13.2 Å². The van der Waals surface area contributed by atoms with E-state index in [-0.39, 0.29) is 19.1 Å². The highest BCUT2D eigenvalue weighted by Crippen LogP contribution is 2.43. The van der Waals surface area contributed by atoms with E-state index in [1.165, 1.54) is 154 Å². The molecule has 0 aliphatic heterocycles. The second-order valence-corrected chi connectivity index (χ2v) is 24.9. The Morgan fingerprint density at radius 1 is 0.432 bits per heavy atom. The number of nitrogens with zero attached hydrogens (tertiary/aromatic N) is 1. The summed E-state index contributed by atoms with van der Waals surface area (Å²) in [6, 6.07) is -0.887. The van der Waals surface area contributed by atoms with E-state index in [4.69, 9.17) is 9.05 Å². The van der Waals surface area contributed by atoms with Gasteiger partial charge in [0, 0.05) is 6.42 Å². The van der Waals surface area contributed by atoms with Crippen LogP contribution in [0.4, 0.5) is 0 Å². The van der Waals surface area contributed by atoms with Crippen LogP contribution in [0.3, 0.4) is 0 Å². The lowest BCUT2D eigenvalue weighted by atomic mass is 10.0. The summed E-state index contributed by atoms with van der Waals surface area (Å²) < 4.78 is 23.8. The minimum atomic E-state index is -4.38. The minimum Gasteiger partial charge on any atom is -0.387 e. The van der Waals surface area contributed by atoms with Crippen molar-refractivity contribution < 1.29 is 32.9 Å². The molecule has 1 amide bonds. The van der Waals surface area contributed by atoms with E-state index >= 15 is 0 Å². The fourth-order valence-corrected chi connectivity index (χ4v) is 9.97. The Hall–Kier alpha value is -3.10. The summed E-state index contributed by atoms with van der Waals surface area (Å²) in [5, 5.41) is 14.0. The van der Waals surface area contributed by atoms with Gasteiger partial charge in [-0.25, -0.2) is 4.57 Å². The van der Waals surface area contributed by atoms with E-state index in [1.54, 1.807) is 6.08 Å². The molecule has 3 N–H and O–H groups in total. The molecule has 0 aromatic carbocycles. The van der Waals surface area contributed by atoms with Gasteiger partial charge in [-0.05, 0) is 103 Å². The zero-order valence-corrected chi connectivity index (χ0v) is 54.1. The standard InChI is InChI=1S/C72H127N2O6P/c1-6-8-10-12-14-16-18-20-22-24-26-28-30-32-34-36-38-39-41-43-45-47-49-51-53-55-57-59-61-63-65-71(75)70(69-80-81(77,78)79-68-67-74(3,4)5)73-72(76)66-64-62-60-58-56-54-52-50-48-46-44-42-40-37-35-33-31-29-27-25-23-21-19-17-15-13-11-9-7-2/h9,11,15,17,21,23,27,29,33,35,40,42,46-49,55,57,63,65,70-71,75H,6-8,10,12-14,16,18-20,22,24-26,28,30-32,34,36-39,41,43-45,50-54,56,58-62,64,66-69H2,1-5H3,(H-,73,76,77,78)/p+1/b11-9-,17-15-,23-21-,29-27-,35-33-,42-40-,48-46-,49-47+,57-55+,65-63+. The third kappa shape index (κ3) is 64.3. The summed E-state index contributed by atoms with van der Waals surface area (Å²) >= 11 is 0. The number of phosphoric ester groups is 1. The van der Waals surface area contributed by atoms with Crippen LogP contribution in [0.2, 0.25) is 0 Å². The number of amides is 1. The molecule has 3 atom stereocenters. The van der Waals surface area contributed by atoms with Gasteiger partial charge in [0.05, 0.1) is 39.9 Å². The Morgan fingerprint density at radius 2 is 0.753 bits per heavy atom. The maximum absolute atomic E-state index is 13.0. The molecule has 466 valence electrons. The van der Waals surface area contributed by atoms with E-state index in [0.29, 0.717) is 17.4 Å². The van der Waals surface area contributed by atoms with Crippen LogP contribution in [-0.4, -0.2) is 73.4 Å². The number of aliphatic hydroxyl groups is 1. The van der Waals surface area contributed by atoms with Gasteiger partial charge in [-0.15, -0.1) is 0 Å². The predicted octanol–water partition coefficient (Wildman–Crippen LogP) is 21.3. The number of unbranched alkanes of at least 4 members (excludes halogenated alkanes) is 29. The Balaban J connectivity index is 4.25. The number of likely N-dealkylation sites (N-methyl/N-ethyl adjacent to an activating group) is 1. The lowest BCUT2D eigenvalue weighted by molar-refractivity contribution is -0.870.